The second kappa shape index (κ2) is 9.92. The quantitative estimate of drug-likeness (QED) is 0.715. The Morgan fingerprint density at radius 3 is 2.77 bits per heavy atom. The third kappa shape index (κ3) is 5.41. The smallest absolute Gasteiger partial charge is 0.237 e. The highest BCUT2D eigenvalue weighted by atomic mass is 19.1. The Labute approximate surface area is 182 Å². The molecule has 2 aromatic rings. The Morgan fingerprint density at radius 1 is 1.13 bits per heavy atom. The molecule has 0 unspecified atom stereocenters. The highest BCUT2D eigenvalue weighted by Crippen LogP contribution is 2.26. The zero-order valence-electron chi connectivity index (χ0n) is 17.6. The third-order valence-corrected chi connectivity index (χ3v) is 6.03. The number of nitrogens with one attached hydrogen (secondary N) is 2. The molecule has 2 aliphatic rings. The fraction of sp³-hybridized carbons (Fsp3) is 0.417. The minimum Gasteiger partial charge on any atom is -0.370 e. The van der Waals surface area contributed by atoms with Gasteiger partial charge >= 0.3 is 0 Å². The number of halogens is 1. The molecule has 2 amide bonds. The molecule has 0 saturated carbocycles. The molecule has 7 heteroatoms. The number of hydrogen-bond acceptors (Lipinski definition) is 4. The number of aryl methyl sites for hydroxylation is 1. The van der Waals surface area contributed by atoms with Crippen molar-refractivity contribution >= 4 is 17.5 Å². The molecule has 4 rings (SSSR count). The molecule has 31 heavy (non-hydrogen) atoms. The van der Waals surface area contributed by atoms with E-state index in [1.165, 1.54) is 23.4 Å². The van der Waals surface area contributed by atoms with Gasteiger partial charge in [0.05, 0.1) is 12.5 Å². The molecule has 2 aliphatic heterocycles. The molecule has 2 heterocycles. The first-order valence-electron chi connectivity index (χ1n) is 11.0. The SMILES string of the molecule is O=C(C[C@H]1C(=O)NCCN1Cc1ccc(F)cc1)NCCN1CCCc2ccccc21. The van der Waals surface area contributed by atoms with Crippen molar-refractivity contribution in [3.63, 3.8) is 0 Å². The monoisotopic (exact) mass is 424 g/mol. The Hall–Kier alpha value is -2.93. The molecule has 2 aromatic carbocycles. The zero-order chi connectivity index (χ0) is 21.6. The molecule has 0 bridgehead atoms. The van der Waals surface area contributed by atoms with Crippen molar-refractivity contribution in [2.24, 2.45) is 0 Å². The molecule has 0 aliphatic carbocycles. The summed E-state index contributed by atoms with van der Waals surface area (Å²) >= 11 is 0. The van der Waals surface area contributed by atoms with Crippen molar-refractivity contribution in [1.29, 1.82) is 0 Å². The van der Waals surface area contributed by atoms with Gasteiger partial charge in [0, 0.05) is 45.0 Å². The van der Waals surface area contributed by atoms with Crippen LogP contribution in [0.3, 0.4) is 0 Å². The van der Waals surface area contributed by atoms with E-state index in [-0.39, 0.29) is 24.1 Å². The number of carbonyl (C=O) groups excluding carboxylic acids is 2. The summed E-state index contributed by atoms with van der Waals surface area (Å²) in [5, 5.41) is 5.84. The van der Waals surface area contributed by atoms with E-state index < -0.39 is 6.04 Å². The fourth-order valence-corrected chi connectivity index (χ4v) is 4.42. The lowest BCUT2D eigenvalue weighted by Crippen LogP contribution is -2.56. The first-order valence-corrected chi connectivity index (χ1v) is 11.0. The second-order valence-corrected chi connectivity index (χ2v) is 8.18. The van der Waals surface area contributed by atoms with Crippen molar-refractivity contribution in [2.75, 3.05) is 37.6 Å². The van der Waals surface area contributed by atoms with Crippen molar-refractivity contribution in [2.45, 2.75) is 31.8 Å². The average Bonchev–Trinajstić information content (AvgIpc) is 2.78. The molecule has 1 saturated heterocycles. The van der Waals surface area contributed by atoms with Crippen LogP contribution < -0.4 is 15.5 Å². The van der Waals surface area contributed by atoms with Crippen molar-refractivity contribution in [3.05, 3.63) is 65.5 Å². The first-order chi connectivity index (χ1) is 15.1. The van der Waals surface area contributed by atoms with E-state index in [1.807, 2.05) is 11.0 Å². The van der Waals surface area contributed by atoms with E-state index in [4.69, 9.17) is 0 Å². The van der Waals surface area contributed by atoms with Gasteiger partial charge in [0.25, 0.3) is 0 Å². The molecule has 0 radical (unpaired) electrons. The van der Waals surface area contributed by atoms with E-state index in [0.29, 0.717) is 26.2 Å². The Balaban J connectivity index is 1.30. The molecule has 1 atom stereocenters. The molecule has 0 aromatic heterocycles. The number of piperazine rings is 1. The summed E-state index contributed by atoms with van der Waals surface area (Å²) in [6.45, 7) is 4.00. The van der Waals surface area contributed by atoms with Gasteiger partial charge in [0.1, 0.15) is 5.82 Å². The summed E-state index contributed by atoms with van der Waals surface area (Å²) in [4.78, 5) is 29.3. The van der Waals surface area contributed by atoms with Gasteiger partial charge in [-0.1, -0.05) is 30.3 Å². The molecule has 6 nitrogen and oxygen atoms in total. The highest BCUT2D eigenvalue weighted by Gasteiger charge is 2.31. The summed E-state index contributed by atoms with van der Waals surface area (Å²) in [5.74, 6) is -0.544. The van der Waals surface area contributed by atoms with Gasteiger partial charge in [-0.05, 0) is 42.2 Å². The summed E-state index contributed by atoms with van der Waals surface area (Å²) in [7, 11) is 0. The van der Waals surface area contributed by atoms with E-state index >= 15 is 0 Å². The predicted octanol–water partition coefficient (Wildman–Crippen LogP) is 2.09. The number of benzene rings is 2. The number of nitrogens with zero attached hydrogens (tertiary/aromatic N) is 2. The van der Waals surface area contributed by atoms with Gasteiger partial charge < -0.3 is 15.5 Å². The number of anilines is 1. The van der Waals surface area contributed by atoms with Crippen LogP contribution in [0.2, 0.25) is 0 Å². The minimum absolute atomic E-state index is 0.115. The Bertz CT molecular complexity index is 918. The van der Waals surface area contributed by atoms with E-state index in [9.17, 15) is 14.0 Å². The summed E-state index contributed by atoms with van der Waals surface area (Å²) in [6, 6.07) is 14.2. The lowest BCUT2D eigenvalue weighted by atomic mass is 10.0. The number of carbonyl (C=O) groups is 2. The average molecular weight is 425 g/mol. The van der Waals surface area contributed by atoms with Crippen molar-refractivity contribution in [3.8, 4) is 0 Å². The van der Waals surface area contributed by atoms with Gasteiger partial charge in [0.2, 0.25) is 11.8 Å². The zero-order valence-corrected chi connectivity index (χ0v) is 17.6. The Morgan fingerprint density at radius 2 is 1.94 bits per heavy atom. The predicted molar refractivity (Wildman–Crippen MR) is 118 cm³/mol. The van der Waals surface area contributed by atoms with Crippen LogP contribution >= 0.6 is 0 Å². The molecule has 2 N–H and O–H groups in total. The van der Waals surface area contributed by atoms with Crippen LogP contribution in [-0.4, -0.2) is 55.5 Å². The molecule has 0 spiro atoms. The lowest BCUT2D eigenvalue weighted by molar-refractivity contribution is -0.134. The summed E-state index contributed by atoms with van der Waals surface area (Å²) < 4.78 is 13.2. The van der Waals surface area contributed by atoms with E-state index in [0.717, 1.165) is 31.5 Å². The van der Waals surface area contributed by atoms with Crippen LogP contribution in [0, 0.1) is 5.82 Å². The van der Waals surface area contributed by atoms with Gasteiger partial charge in [-0.2, -0.15) is 0 Å². The third-order valence-electron chi connectivity index (χ3n) is 6.03. The maximum atomic E-state index is 13.2. The largest absolute Gasteiger partial charge is 0.370 e. The minimum atomic E-state index is -0.519. The number of hydrogen-bond donors (Lipinski definition) is 2. The van der Waals surface area contributed by atoms with Gasteiger partial charge in [-0.15, -0.1) is 0 Å². The first kappa shape index (κ1) is 21.3. The number of rotatable bonds is 7. The van der Waals surface area contributed by atoms with E-state index in [2.05, 4.69) is 33.7 Å². The maximum Gasteiger partial charge on any atom is 0.237 e. The van der Waals surface area contributed by atoms with Crippen molar-refractivity contribution in [1.82, 2.24) is 15.5 Å². The number of amides is 2. The van der Waals surface area contributed by atoms with Gasteiger partial charge in [-0.25, -0.2) is 4.39 Å². The topological polar surface area (TPSA) is 64.7 Å². The molecule has 1 fully saturated rings. The fourth-order valence-electron chi connectivity index (χ4n) is 4.42. The summed E-state index contributed by atoms with van der Waals surface area (Å²) in [5.41, 5.74) is 3.53. The van der Waals surface area contributed by atoms with Crippen LogP contribution in [-0.2, 0) is 22.6 Å². The Kier molecular flexibility index (Phi) is 6.82. The number of para-hydroxylation sites is 1. The molecular weight excluding hydrogens is 395 g/mol. The summed E-state index contributed by atoms with van der Waals surface area (Å²) in [6.07, 6.45) is 2.33. The molecule has 164 valence electrons. The van der Waals surface area contributed by atoms with Gasteiger partial charge in [0.15, 0.2) is 0 Å². The van der Waals surface area contributed by atoms with Crippen LogP contribution in [0.25, 0.3) is 0 Å². The normalized spacial score (nSPS) is 18.9. The van der Waals surface area contributed by atoms with Crippen molar-refractivity contribution < 1.29 is 14.0 Å². The standard InChI is InChI=1S/C24H29FN4O2/c25-20-9-7-18(8-10-20)17-29-15-12-27-24(31)22(29)16-23(30)26-11-14-28-13-3-5-19-4-1-2-6-21(19)28/h1-2,4,6-10,22H,3,5,11-17H2,(H,26,30)(H,27,31)/t22-/m0/s1. The second-order valence-electron chi connectivity index (χ2n) is 8.18. The maximum absolute atomic E-state index is 13.2. The van der Waals surface area contributed by atoms with Gasteiger partial charge in [-0.3, -0.25) is 14.5 Å². The number of fused-ring (bicyclic) bond motifs is 1. The van der Waals surface area contributed by atoms with Crippen LogP contribution in [0.15, 0.2) is 48.5 Å². The van der Waals surface area contributed by atoms with Crippen LogP contribution in [0.1, 0.15) is 24.0 Å². The molecular formula is C24H29FN4O2. The van der Waals surface area contributed by atoms with E-state index in [1.54, 1.807) is 12.1 Å². The highest BCUT2D eigenvalue weighted by molar-refractivity contribution is 5.88. The lowest BCUT2D eigenvalue weighted by Gasteiger charge is -2.35. The van der Waals surface area contributed by atoms with Crippen LogP contribution in [0.4, 0.5) is 10.1 Å². The van der Waals surface area contributed by atoms with Crippen LogP contribution in [0.5, 0.6) is 0 Å².